The molecule has 0 saturated carbocycles. The number of rotatable bonds is 4. The van der Waals surface area contributed by atoms with Crippen molar-refractivity contribution in [1.29, 1.82) is 0 Å². The molecule has 2 aromatic rings. The summed E-state index contributed by atoms with van der Waals surface area (Å²) in [5.74, 6) is -1.48. The van der Waals surface area contributed by atoms with Gasteiger partial charge in [0.15, 0.2) is 6.39 Å². The second kappa shape index (κ2) is 5.23. The number of carbonyl (C=O) groups excluding carboxylic acids is 1. The summed E-state index contributed by atoms with van der Waals surface area (Å²) in [4.78, 5) is 27.8. The highest BCUT2D eigenvalue weighted by molar-refractivity contribution is 7.16. The van der Waals surface area contributed by atoms with Gasteiger partial charge in [0.25, 0.3) is 5.91 Å². The minimum absolute atomic E-state index is 0.0859. The van der Waals surface area contributed by atoms with E-state index in [0.717, 1.165) is 4.88 Å². The zero-order chi connectivity index (χ0) is 14.0. The van der Waals surface area contributed by atoms with E-state index < -0.39 is 11.9 Å². The van der Waals surface area contributed by atoms with Gasteiger partial charge in [0.2, 0.25) is 5.76 Å². The minimum atomic E-state index is -1.07. The van der Waals surface area contributed by atoms with Crippen LogP contribution in [0.5, 0.6) is 0 Å². The average Bonchev–Trinajstić information content (AvgIpc) is 2.95. The number of aromatic carboxylic acids is 1. The molecule has 2 N–H and O–H groups in total. The van der Waals surface area contributed by atoms with Gasteiger partial charge in [-0.15, -0.1) is 11.3 Å². The molecule has 0 bridgehead atoms. The molecule has 1 amide bonds. The first-order valence-electron chi connectivity index (χ1n) is 5.60. The van der Waals surface area contributed by atoms with E-state index >= 15 is 0 Å². The lowest BCUT2D eigenvalue weighted by Crippen LogP contribution is -2.13. The maximum Gasteiger partial charge on any atom is 0.338 e. The van der Waals surface area contributed by atoms with E-state index in [2.05, 4.69) is 10.3 Å². The molecule has 0 aromatic carbocycles. The Bertz CT molecular complexity index is 629. The Hall–Kier alpha value is -2.15. The lowest BCUT2D eigenvalue weighted by Gasteiger charge is -2.01. The Kier molecular flexibility index (Phi) is 3.66. The third-order valence-corrected chi connectivity index (χ3v) is 3.74. The van der Waals surface area contributed by atoms with E-state index in [1.54, 1.807) is 13.0 Å². The van der Waals surface area contributed by atoms with Crippen LogP contribution in [0.25, 0.3) is 0 Å². The van der Waals surface area contributed by atoms with E-state index in [1.165, 1.54) is 17.7 Å². The number of hydrogen-bond acceptors (Lipinski definition) is 5. The summed E-state index contributed by atoms with van der Waals surface area (Å²) in [6, 6.07) is 1.57. The highest BCUT2D eigenvalue weighted by Gasteiger charge is 2.20. The van der Waals surface area contributed by atoms with Gasteiger partial charge in [0.05, 0.1) is 11.3 Å². The maximum atomic E-state index is 11.9. The molecule has 0 aliphatic carbocycles. The standard InChI is InChI=1S/C12H12N2O4S/c1-3-7-4-8(12(16)17)11(19-7)14-10(15)9-6(2)13-5-18-9/h4-5H,3H2,1-2H3,(H,14,15)(H,16,17). The zero-order valence-corrected chi connectivity index (χ0v) is 11.2. The number of carboxylic acid groups (broad SMARTS) is 1. The van der Waals surface area contributed by atoms with Gasteiger partial charge in [-0.1, -0.05) is 6.92 Å². The molecule has 19 heavy (non-hydrogen) atoms. The van der Waals surface area contributed by atoms with Crippen molar-refractivity contribution in [3.63, 3.8) is 0 Å². The topological polar surface area (TPSA) is 92.4 Å². The van der Waals surface area contributed by atoms with Gasteiger partial charge >= 0.3 is 5.97 Å². The summed E-state index contributed by atoms with van der Waals surface area (Å²) in [5.41, 5.74) is 0.550. The monoisotopic (exact) mass is 280 g/mol. The van der Waals surface area contributed by atoms with Crippen LogP contribution >= 0.6 is 11.3 Å². The number of aryl methyl sites for hydroxylation is 2. The lowest BCUT2D eigenvalue weighted by atomic mass is 10.2. The molecule has 0 radical (unpaired) electrons. The van der Waals surface area contributed by atoms with Gasteiger partial charge in [-0.3, -0.25) is 4.79 Å². The average molecular weight is 280 g/mol. The smallest absolute Gasteiger partial charge is 0.338 e. The van der Waals surface area contributed by atoms with Crippen LogP contribution in [-0.2, 0) is 6.42 Å². The number of thiophene rings is 1. The quantitative estimate of drug-likeness (QED) is 0.897. The molecule has 6 nitrogen and oxygen atoms in total. The summed E-state index contributed by atoms with van der Waals surface area (Å²) in [7, 11) is 0. The van der Waals surface area contributed by atoms with Crippen molar-refractivity contribution in [1.82, 2.24) is 4.98 Å². The number of anilines is 1. The molecule has 0 unspecified atom stereocenters. The number of carbonyl (C=O) groups is 2. The Morgan fingerprint density at radius 1 is 1.53 bits per heavy atom. The molecule has 0 saturated heterocycles. The highest BCUT2D eigenvalue weighted by Crippen LogP contribution is 2.29. The fourth-order valence-electron chi connectivity index (χ4n) is 1.55. The van der Waals surface area contributed by atoms with Crippen LogP contribution < -0.4 is 5.32 Å². The fraction of sp³-hybridized carbons (Fsp3) is 0.250. The molecule has 7 heteroatoms. The van der Waals surface area contributed by atoms with Crippen molar-refractivity contribution < 1.29 is 19.1 Å². The van der Waals surface area contributed by atoms with E-state index in [9.17, 15) is 9.59 Å². The molecule has 2 rings (SSSR count). The molecule has 0 aliphatic heterocycles. The predicted molar refractivity (Wildman–Crippen MR) is 69.8 cm³/mol. The summed E-state index contributed by atoms with van der Waals surface area (Å²) in [5, 5.41) is 12.0. The number of nitrogens with one attached hydrogen (secondary N) is 1. The van der Waals surface area contributed by atoms with Gasteiger partial charge in [0.1, 0.15) is 5.00 Å². The zero-order valence-electron chi connectivity index (χ0n) is 10.4. The molecule has 0 aliphatic rings. The van der Waals surface area contributed by atoms with E-state index in [4.69, 9.17) is 9.52 Å². The summed E-state index contributed by atoms with van der Waals surface area (Å²) >= 11 is 1.24. The number of amides is 1. The third-order valence-electron chi connectivity index (χ3n) is 2.54. The number of hydrogen-bond donors (Lipinski definition) is 2. The minimum Gasteiger partial charge on any atom is -0.478 e. The van der Waals surface area contributed by atoms with Crippen molar-refractivity contribution in [2.24, 2.45) is 0 Å². The Morgan fingerprint density at radius 3 is 2.79 bits per heavy atom. The first kappa shape index (κ1) is 13.3. The third kappa shape index (κ3) is 2.65. The van der Waals surface area contributed by atoms with Crippen LogP contribution in [-0.4, -0.2) is 22.0 Å². The fourth-order valence-corrected chi connectivity index (χ4v) is 2.53. The number of carboxylic acids is 1. The van der Waals surface area contributed by atoms with Crippen LogP contribution in [0, 0.1) is 6.92 Å². The van der Waals surface area contributed by atoms with Crippen LogP contribution in [0.2, 0.25) is 0 Å². The van der Waals surface area contributed by atoms with Crippen molar-refractivity contribution in [2.45, 2.75) is 20.3 Å². The Balaban J connectivity index is 2.28. The largest absolute Gasteiger partial charge is 0.478 e. The SMILES string of the molecule is CCc1cc(C(=O)O)c(NC(=O)c2ocnc2C)s1. The molecule has 2 heterocycles. The van der Waals surface area contributed by atoms with Crippen LogP contribution in [0.4, 0.5) is 5.00 Å². The van der Waals surface area contributed by atoms with E-state index in [-0.39, 0.29) is 11.3 Å². The second-order valence-corrected chi connectivity index (χ2v) is 4.97. The van der Waals surface area contributed by atoms with Gasteiger partial charge in [0, 0.05) is 4.88 Å². The normalized spacial score (nSPS) is 10.4. The van der Waals surface area contributed by atoms with Gasteiger partial charge in [-0.25, -0.2) is 9.78 Å². The lowest BCUT2D eigenvalue weighted by molar-refractivity contribution is 0.0698. The molecular weight excluding hydrogens is 268 g/mol. The molecule has 2 aromatic heterocycles. The number of aromatic nitrogens is 1. The van der Waals surface area contributed by atoms with Gasteiger partial charge in [-0.2, -0.15) is 0 Å². The first-order chi connectivity index (χ1) is 9.02. The second-order valence-electron chi connectivity index (χ2n) is 3.84. The predicted octanol–water partition coefficient (Wildman–Crippen LogP) is 2.56. The van der Waals surface area contributed by atoms with Crippen molar-refractivity contribution in [2.75, 3.05) is 5.32 Å². The summed E-state index contributed by atoms with van der Waals surface area (Å²) < 4.78 is 4.97. The highest BCUT2D eigenvalue weighted by atomic mass is 32.1. The van der Waals surface area contributed by atoms with Crippen molar-refractivity contribution in [3.8, 4) is 0 Å². The van der Waals surface area contributed by atoms with E-state index in [1.807, 2.05) is 6.92 Å². The maximum absolute atomic E-state index is 11.9. The van der Waals surface area contributed by atoms with Crippen molar-refractivity contribution >= 4 is 28.2 Å². The Morgan fingerprint density at radius 2 is 2.26 bits per heavy atom. The first-order valence-corrected chi connectivity index (χ1v) is 6.42. The van der Waals surface area contributed by atoms with Crippen LogP contribution in [0.3, 0.4) is 0 Å². The summed E-state index contributed by atoms with van der Waals surface area (Å²) in [6.07, 6.45) is 1.89. The van der Waals surface area contributed by atoms with E-state index in [0.29, 0.717) is 17.1 Å². The molecule has 0 spiro atoms. The van der Waals surface area contributed by atoms with Crippen LogP contribution in [0.1, 0.15) is 38.4 Å². The molecule has 100 valence electrons. The number of nitrogens with zero attached hydrogens (tertiary/aromatic N) is 1. The molecule has 0 atom stereocenters. The van der Waals surface area contributed by atoms with Gasteiger partial charge < -0.3 is 14.8 Å². The molecular formula is C12H12N2O4S. The summed E-state index contributed by atoms with van der Waals surface area (Å²) in [6.45, 7) is 3.56. The van der Waals surface area contributed by atoms with Gasteiger partial charge in [-0.05, 0) is 19.4 Å². The van der Waals surface area contributed by atoms with Crippen molar-refractivity contribution in [3.05, 3.63) is 34.4 Å². The Labute approximate surface area is 113 Å². The molecule has 0 fully saturated rings. The van der Waals surface area contributed by atoms with Crippen LogP contribution in [0.15, 0.2) is 16.9 Å². The number of oxazole rings is 1.